The van der Waals surface area contributed by atoms with E-state index >= 15 is 0 Å². The quantitative estimate of drug-likeness (QED) is 0.638. The topological polar surface area (TPSA) is 37.3 Å². The van der Waals surface area contributed by atoms with Crippen molar-refractivity contribution < 1.29 is 49.4 Å². The van der Waals surface area contributed by atoms with Gasteiger partial charge in [-0.1, -0.05) is 6.58 Å². The van der Waals surface area contributed by atoms with Crippen LogP contribution in [0.3, 0.4) is 0 Å². The summed E-state index contributed by atoms with van der Waals surface area (Å²) in [7, 11) is 0. The lowest BCUT2D eigenvalue weighted by molar-refractivity contribution is -0.389. The number of hydrogen-bond donors (Lipinski definition) is 1. The smallest absolute Gasteiger partial charge is 0.460 e. The van der Waals surface area contributed by atoms with Gasteiger partial charge in [-0.15, -0.1) is 0 Å². The van der Waals surface area contributed by atoms with E-state index in [0.717, 1.165) is 0 Å². The summed E-state index contributed by atoms with van der Waals surface area (Å²) in [6.45, 7) is 1.86. The Morgan fingerprint density at radius 1 is 0.833 bits per heavy atom. The van der Waals surface area contributed by atoms with Crippen molar-refractivity contribution in [3.05, 3.63) is 12.2 Å². The third kappa shape index (κ3) is 2.12. The molecule has 0 aliphatic rings. The number of rotatable bonds is 4. The molecule has 0 saturated heterocycles. The summed E-state index contributed by atoms with van der Waals surface area (Å²) < 4.78 is 110. The van der Waals surface area contributed by atoms with Crippen molar-refractivity contribution in [2.24, 2.45) is 0 Å². The average Bonchev–Trinajstić information content (AvgIpc) is 2.13. The molecule has 2 nitrogen and oxygen atoms in total. The fourth-order valence-electron chi connectivity index (χ4n) is 0.699. The van der Waals surface area contributed by atoms with Crippen molar-refractivity contribution in [1.29, 1.82) is 0 Å². The van der Waals surface area contributed by atoms with Gasteiger partial charge in [0.05, 0.1) is 0 Å². The summed E-state index contributed by atoms with van der Waals surface area (Å²) in [6, 6.07) is 0. The second-order valence-corrected chi connectivity index (χ2v) is 3.00. The summed E-state index contributed by atoms with van der Waals surface area (Å²) in [6.07, 6.45) is -6.99. The molecule has 0 radical (unpaired) electrons. The third-order valence-electron chi connectivity index (χ3n) is 1.78. The van der Waals surface area contributed by atoms with Crippen LogP contribution in [-0.2, 0) is 4.79 Å². The third-order valence-corrected chi connectivity index (χ3v) is 1.78. The predicted molar refractivity (Wildman–Crippen MR) is 37.7 cm³/mol. The Balaban J connectivity index is 5.79. The molecule has 0 aromatic rings. The van der Waals surface area contributed by atoms with Gasteiger partial charge in [0, 0.05) is 0 Å². The van der Waals surface area contributed by atoms with Gasteiger partial charge in [0.2, 0.25) is 0 Å². The molecule has 0 atom stereocenters. The lowest BCUT2D eigenvalue weighted by atomic mass is 9.98. The molecular formula is C7H3F9O2. The van der Waals surface area contributed by atoms with E-state index in [1.807, 2.05) is 6.58 Å². The summed E-state index contributed by atoms with van der Waals surface area (Å²) in [4.78, 5) is 9.93. The van der Waals surface area contributed by atoms with Gasteiger partial charge in [-0.3, -0.25) is 0 Å². The SMILES string of the molecule is C=C(C(=O)O)C(F)(F)C(F)(F)C(F)(F)C(F)(F)F. The van der Waals surface area contributed by atoms with Gasteiger partial charge >= 0.3 is 29.9 Å². The van der Waals surface area contributed by atoms with Crippen molar-refractivity contribution in [2.75, 3.05) is 0 Å². The van der Waals surface area contributed by atoms with Crippen molar-refractivity contribution in [2.45, 2.75) is 23.9 Å². The predicted octanol–water partition coefficient (Wildman–Crippen LogP) is 3.10. The van der Waals surface area contributed by atoms with E-state index in [1.54, 1.807) is 0 Å². The molecule has 106 valence electrons. The normalized spacial score (nSPS) is 14.5. The average molecular weight is 290 g/mol. The number of carboxylic acids is 1. The van der Waals surface area contributed by atoms with Crippen LogP contribution in [0.15, 0.2) is 12.2 Å². The maximum absolute atomic E-state index is 12.7. The second kappa shape index (κ2) is 4.05. The highest BCUT2D eigenvalue weighted by Gasteiger charge is 2.82. The summed E-state index contributed by atoms with van der Waals surface area (Å²) in [5.74, 6) is -23.2. The lowest BCUT2D eigenvalue weighted by Gasteiger charge is -2.33. The zero-order chi connectivity index (χ0) is 15.2. The zero-order valence-corrected chi connectivity index (χ0v) is 7.96. The summed E-state index contributed by atoms with van der Waals surface area (Å²) in [5, 5.41) is 7.91. The Labute approximate surface area is 92.7 Å². The standard InChI is InChI=1S/C7H3F9O2/c1-2(3(17)18)4(8,9)5(10,11)6(12,13)7(14,15)16/h1H2,(H,17,18). The lowest BCUT2D eigenvalue weighted by Crippen LogP contribution is -2.61. The van der Waals surface area contributed by atoms with Crippen molar-refractivity contribution in [1.82, 2.24) is 0 Å². The van der Waals surface area contributed by atoms with E-state index in [1.165, 1.54) is 0 Å². The molecule has 11 heteroatoms. The minimum absolute atomic E-state index is 1.86. The molecule has 0 aliphatic carbocycles. The number of hydrogen-bond acceptors (Lipinski definition) is 1. The van der Waals surface area contributed by atoms with Crippen LogP contribution in [0.2, 0.25) is 0 Å². The van der Waals surface area contributed by atoms with Crippen molar-refractivity contribution in [3.63, 3.8) is 0 Å². The van der Waals surface area contributed by atoms with E-state index in [2.05, 4.69) is 0 Å². The number of carbonyl (C=O) groups is 1. The summed E-state index contributed by atoms with van der Waals surface area (Å²) in [5.41, 5.74) is -2.78. The van der Waals surface area contributed by atoms with Gasteiger partial charge in [-0.2, -0.15) is 39.5 Å². The maximum atomic E-state index is 12.7. The van der Waals surface area contributed by atoms with Gasteiger partial charge in [-0.25, -0.2) is 4.79 Å². The molecule has 1 N–H and O–H groups in total. The van der Waals surface area contributed by atoms with E-state index < -0.39 is 35.5 Å². The van der Waals surface area contributed by atoms with Crippen LogP contribution < -0.4 is 0 Å². The molecule has 0 bridgehead atoms. The van der Waals surface area contributed by atoms with E-state index in [-0.39, 0.29) is 0 Å². The fourth-order valence-corrected chi connectivity index (χ4v) is 0.699. The van der Waals surface area contributed by atoms with Crippen molar-refractivity contribution >= 4 is 5.97 Å². The monoisotopic (exact) mass is 290 g/mol. The highest BCUT2D eigenvalue weighted by molar-refractivity contribution is 5.88. The van der Waals surface area contributed by atoms with Gasteiger partial charge in [0.15, 0.2) is 0 Å². The molecule has 0 amide bonds. The zero-order valence-electron chi connectivity index (χ0n) is 7.96. The minimum Gasteiger partial charge on any atom is -0.478 e. The first-order chi connectivity index (χ1) is 7.60. The van der Waals surface area contributed by atoms with Gasteiger partial charge in [0.25, 0.3) is 0 Å². The van der Waals surface area contributed by atoms with E-state index in [9.17, 15) is 44.3 Å². The van der Waals surface area contributed by atoms with Crippen LogP contribution in [0.4, 0.5) is 39.5 Å². The molecule has 0 rings (SSSR count). The number of carboxylic acid groups (broad SMARTS) is 1. The second-order valence-electron chi connectivity index (χ2n) is 3.00. The molecule has 0 aromatic carbocycles. The number of halogens is 9. The molecule has 0 spiro atoms. The van der Waals surface area contributed by atoms with Crippen LogP contribution in [0.1, 0.15) is 0 Å². The first kappa shape index (κ1) is 16.6. The van der Waals surface area contributed by atoms with Crippen LogP contribution in [0.25, 0.3) is 0 Å². The van der Waals surface area contributed by atoms with E-state index in [0.29, 0.717) is 0 Å². The molecular weight excluding hydrogens is 287 g/mol. The fraction of sp³-hybridized carbons (Fsp3) is 0.571. The Hall–Kier alpha value is -1.42. The number of alkyl halides is 9. The van der Waals surface area contributed by atoms with Gasteiger partial charge in [-0.05, 0) is 0 Å². The molecule has 0 fully saturated rings. The first-order valence-electron chi connectivity index (χ1n) is 3.73. The van der Waals surface area contributed by atoms with Crippen LogP contribution in [0, 0.1) is 0 Å². The summed E-state index contributed by atoms with van der Waals surface area (Å²) >= 11 is 0. The minimum atomic E-state index is -7.12. The van der Waals surface area contributed by atoms with Gasteiger partial charge < -0.3 is 5.11 Å². The molecule has 0 aliphatic heterocycles. The molecule has 18 heavy (non-hydrogen) atoms. The highest BCUT2D eigenvalue weighted by Crippen LogP contribution is 2.54. The Morgan fingerprint density at radius 2 is 1.17 bits per heavy atom. The van der Waals surface area contributed by atoms with Crippen molar-refractivity contribution in [3.8, 4) is 0 Å². The van der Waals surface area contributed by atoms with Gasteiger partial charge in [0.1, 0.15) is 5.57 Å². The van der Waals surface area contributed by atoms with Crippen LogP contribution in [0.5, 0.6) is 0 Å². The first-order valence-corrected chi connectivity index (χ1v) is 3.73. The Bertz CT molecular complexity index is 368. The largest absolute Gasteiger partial charge is 0.478 e. The molecule has 0 heterocycles. The Kier molecular flexibility index (Phi) is 3.73. The van der Waals surface area contributed by atoms with E-state index in [4.69, 9.17) is 5.11 Å². The molecule has 0 aromatic heterocycles. The highest BCUT2D eigenvalue weighted by atomic mass is 19.4. The van der Waals surface area contributed by atoms with Crippen LogP contribution in [-0.4, -0.2) is 35.0 Å². The maximum Gasteiger partial charge on any atom is 0.460 e. The molecule has 0 unspecified atom stereocenters. The number of aliphatic carboxylic acids is 1. The van der Waals surface area contributed by atoms with Crippen LogP contribution >= 0.6 is 0 Å². The Morgan fingerprint density at radius 3 is 1.39 bits per heavy atom. The molecule has 0 saturated carbocycles.